The predicted octanol–water partition coefficient (Wildman–Crippen LogP) is 0.827. The lowest BCUT2D eigenvalue weighted by Crippen LogP contribution is -2.41. The van der Waals surface area contributed by atoms with Crippen LogP contribution in [0.4, 0.5) is 0 Å². The van der Waals surface area contributed by atoms with Crippen LogP contribution in [0.25, 0.3) is 0 Å². The van der Waals surface area contributed by atoms with E-state index in [9.17, 15) is 8.42 Å². The molecule has 21 heavy (non-hydrogen) atoms. The van der Waals surface area contributed by atoms with E-state index in [1.54, 1.807) is 12.1 Å². The zero-order valence-corrected chi connectivity index (χ0v) is 12.9. The highest BCUT2D eigenvalue weighted by Gasteiger charge is 2.29. The highest BCUT2D eigenvalue weighted by molar-refractivity contribution is 7.91. The first-order chi connectivity index (χ1) is 10.2. The first kappa shape index (κ1) is 15.0. The maximum atomic E-state index is 12.1. The second-order valence-electron chi connectivity index (χ2n) is 5.61. The topological polar surface area (TPSA) is 58.6 Å². The van der Waals surface area contributed by atoms with E-state index in [4.69, 9.17) is 4.74 Å². The van der Waals surface area contributed by atoms with Gasteiger partial charge in [0.2, 0.25) is 0 Å². The standard InChI is InChI=1S/C15H22N2O3S/c18-21(19)12-5-14(13-3-1-2-4-15(13)21)16-6-7-17-8-10-20-11-9-17/h1-4,14,16H,5-12H2. The molecule has 116 valence electrons. The van der Waals surface area contributed by atoms with Gasteiger partial charge in [-0.1, -0.05) is 18.2 Å². The van der Waals surface area contributed by atoms with Crippen molar-refractivity contribution < 1.29 is 13.2 Å². The van der Waals surface area contributed by atoms with E-state index in [1.165, 1.54) is 0 Å². The second-order valence-corrected chi connectivity index (χ2v) is 7.68. The van der Waals surface area contributed by atoms with Gasteiger partial charge in [-0.3, -0.25) is 4.90 Å². The number of ether oxygens (including phenoxy) is 1. The Morgan fingerprint density at radius 3 is 2.81 bits per heavy atom. The molecule has 1 N–H and O–H groups in total. The van der Waals surface area contributed by atoms with E-state index in [-0.39, 0.29) is 11.8 Å². The first-order valence-corrected chi connectivity index (χ1v) is 9.17. The number of benzene rings is 1. The SMILES string of the molecule is O=S1(=O)CCC(NCCN2CCOCC2)c2ccccc21. The summed E-state index contributed by atoms with van der Waals surface area (Å²) in [6.45, 7) is 5.44. The van der Waals surface area contributed by atoms with Crippen LogP contribution in [0.5, 0.6) is 0 Å². The number of hydrogen-bond donors (Lipinski definition) is 1. The molecule has 1 aromatic rings. The molecule has 0 bridgehead atoms. The van der Waals surface area contributed by atoms with Crippen molar-refractivity contribution in [3.05, 3.63) is 29.8 Å². The number of hydrogen-bond acceptors (Lipinski definition) is 5. The van der Waals surface area contributed by atoms with E-state index in [0.717, 1.165) is 45.0 Å². The summed E-state index contributed by atoms with van der Waals surface area (Å²) in [6, 6.07) is 7.51. The molecule has 0 radical (unpaired) electrons. The zero-order chi connectivity index (χ0) is 14.7. The number of rotatable bonds is 4. The monoisotopic (exact) mass is 310 g/mol. The molecule has 0 amide bonds. The van der Waals surface area contributed by atoms with Gasteiger partial charge in [-0.25, -0.2) is 8.42 Å². The van der Waals surface area contributed by atoms with E-state index >= 15 is 0 Å². The van der Waals surface area contributed by atoms with Crippen molar-refractivity contribution in [2.75, 3.05) is 45.1 Å². The molecule has 2 heterocycles. The maximum Gasteiger partial charge on any atom is 0.178 e. The van der Waals surface area contributed by atoms with Crippen LogP contribution >= 0.6 is 0 Å². The predicted molar refractivity (Wildman–Crippen MR) is 81.1 cm³/mol. The van der Waals surface area contributed by atoms with Crippen LogP contribution in [-0.4, -0.2) is 58.5 Å². The Morgan fingerprint density at radius 1 is 1.24 bits per heavy atom. The molecule has 1 aromatic carbocycles. The van der Waals surface area contributed by atoms with Crippen LogP contribution in [0, 0.1) is 0 Å². The van der Waals surface area contributed by atoms with Crippen molar-refractivity contribution in [2.45, 2.75) is 17.4 Å². The van der Waals surface area contributed by atoms with Gasteiger partial charge in [0.05, 0.1) is 23.9 Å². The lowest BCUT2D eigenvalue weighted by Gasteiger charge is -2.29. The lowest BCUT2D eigenvalue weighted by atomic mass is 10.0. The minimum absolute atomic E-state index is 0.144. The molecule has 2 aliphatic rings. The molecule has 0 saturated carbocycles. The molecule has 5 nitrogen and oxygen atoms in total. The molecule has 1 saturated heterocycles. The minimum atomic E-state index is -3.09. The summed E-state index contributed by atoms with van der Waals surface area (Å²) < 4.78 is 29.5. The fourth-order valence-corrected chi connectivity index (χ4v) is 4.65. The van der Waals surface area contributed by atoms with E-state index in [2.05, 4.69) is 10.2 Å². The van der Waals surface area contributed by atoms with Crippen molar-refractivity contribution >= 4 is 9.84 Å². The Labute approximate surface area is 126 Å². The quantitative estimate of drug-likeness (QED) is 0.892. The molecule has 6 heteroatoms. The molecule has 0 aliphatic carbocycles. The Hall–Kier alpha value is -0.950. The van der Waals surface area contributed by atoms with Crippen molar-refractivity contribution in [3.8, 4) is 0 Å². The normalized spacial score (nSPS) is 25.4. The summed E-state index contributed by atoms with van der Waals surface area (Å²) >= 11 is 0. The van der Waals surface area contributed by atoms with Crippen LogP contribution in [0.15, 0.2) is 29.2 Å². The minimum Gasteiger partial charge on any atom is -0.379 e. The lowest BCUT2D eigenvalue weighted by molar-refractivity contribution is 0.0381. The molecule has 1 fully saturated rings. The third kappa shape index (κ3) is 3.45. The Balaban J connectivity index is 1.61. The number of nitrogens with one attached hydrogen (secondary N) is 1. The highest BCUT2D eigenvalue weighted by atomic mass is 32.2. The number of nitrogens with zero attached hydrogens (tertiary/aromatic N) is 1. The average Bonchev–Trinajstić information content (AvgIpc) is 2.51. The Morgan fingerprint density at radius 2 is 2.00 bits per heavy atom. The summed E-state index contributed by atoms with van der Waals surface area (Å²) in [5.74, 6) is 0.235. The van der Waals surface area contributed by atoms with Gasteiger partial charge in [-0.15, -0.1) is 0 Å². The molecular formula is C15H22N2O3S. The van der Waals surface area contributed by atoms with Gasteiger partial charge in [-0.05, 0) is 18.1 Å². The summed E-state index contributed by atoms with van der Waals surface area (Å²) in [6.07, 6.45) is 0.655. The van der Waals surface area contributed by atoms with Crippen LogP contribution < -0.4 is 5.32 Å². The number of fused-ring (bicyclic) bond motifs is 1. The fraction of sp³-hybridized carbons (Fsp3) is 0.600. The van der Waals surface area contributed by atoms with Gasteiger partial charge in [0, 0.05) is 32.2 Å². The second kappa shape index (κ2) is 6.44. The molecule has 0 spiro atoms. The summed E-state index contributed by atoms with van der Waals surface area (Å²) in [4.78, 5) is 2.88. The van der Waals surface area contributed by atoms with E-state index in [0.29, 0.717) is 11.3 Å². The van der Waals surface area contributed by atoms with Crippen molar-refractivity contribution in [1.82, 2.24) is 10.2 Å². The van der Waals surface area contributed by atoms with Crippen LogP contribution in [0.2, 0.25) is 0 Å². The maximum absolute atomic E-state index is 12.1. The molecule has 0 aromatic heterocycles. The largest absolute Gasteiger partial charge is 0.379 e. The average molecular weight is 310 g/mol. The van der Waals surface area contributed by atoms with Crippen molar-refractivity contribution in [3.63, 3.8) is 0 Å². The summed E-state index contributed by atoms with van der Waals surface area (Å²) in [5.41, 5.74) is 0.922. The fourth-order valence-electron chi connectivity index (χ4n) is 3.02. The van der Waals surface area contributed by atoms with Crippen LogP contribution in [0.1, 0.15) is 18.0 Å². The van der Waals surface area contributed by atoms with Gasteiger partial charge >= 0.3 is 0 Å². The van der Waals surface area contributed by atoms with E-state index < -0.39 is 9.84 Å². The molecule has 1 unspecified atom stereocenters. The zero-order valence-electron chi connectivity index (χ0n) is 12.1. The first-order valence-electron chi connectivity index (χ1n) is 7.52. The molecule has 2 aliphatic heterocycles. The van der Waals surface area contributed by atoms with Gasteiger partial charge in [0.1, 0.15) is 0 Å². The smallest absolute Gasteiger partial charge is 0.178 e. The molecule has 3 rings (SSSR count). The van der Waals surface area contributed by atoms with E-state index in [1.807, 2.05) is 12.1 Å². The van der Waals surface area contributed by atoms with Gasteiger partial charge in [0.25, 0.3) is 0 Å². The highest BCUT2D eigenvalue weighted by Crippen LogP contribution is 2.31. The third-order valence-corrected chi connectivity index (χ3v) is 6.04. The molecule has 1 atom stereocenters. The molecular weight excluding hydrogens is 288 g/mol. The van der Waals surface area contributed by atoms with Gasteiger partial charge in [-0.2, -0.15) is 0 Å². The number of morpholine rings is 1. The number of sulfone groups is 1. The Kier molecular flexibility index (Phi) is 4.59. The van der Waals surface area contributed by atoms with Crippen molar-refractivity contribution in [2.24, 2.45) is 0 Å². The summed E-state index contributed by atoms with van der Waals surface area (Å²) in [7, 11) is -3.09. The third-order valence-electron chi connectivity index (χ3n) is 4.23. The summed E-state index contributed by atoms with van der Waals surface area (Å²) in [5, 5.41) is 3.52. The Bertz CT molecular complexity index is 582. The van der Waals surface area contributed by atoms with Crippen LogP contribution in [0.3, 0.4) is 0 Å². The van der Waals surface area contributed by atoms with Crippen molar-refractivity contribution in [1.29, 1.82) is 0 Å². The van der Waals surface area contributed by atoms with Crippen LogP contribution in [-0.2, 0) is 14.6 Å². The van der Waals surface area contributed by atoms with Gasteiger partial charge in [0.15, 0.2) is 9.84 Å². The van der Waals surface area contributed by atoms with Gasteiger partial charge < -0.3 is 10.1 Å².